The third-order valence-electron chi connectivity index (χ3n) is 7.03. The number of methoxy groups -OCH3 is 2. The van der Waals surface area contributed by atoms with E-state index in [2.05, 4.69) is 15.2 Å². The van der Waals surface area contributed by atoms with Crippen molar-refractivity contribution >= 4 is 23.6 Å². The Kier molecular flexibility index (Phi) is 8.87. The summed E-state index contributed by atoms with van der Waals surface area (Å²) >= 11 is 0. The van der Waals surface area contributed by atoms with Crippen molar-refractivity contribution in [3.05, 3.63) is 29.8 Å². The summed E-state index contributed by atoms with van der Waals surface area (Å²) in [4.78, 5) is 27.8. The Balaban J connectivity index is 1.55. The minimum atomic E-state index is -0.472. The van der Waals surface area contributed by atoms with Crippen LogP contribution in [0.5, 0.6) is 5.75 Å². The number of aromatic nitrogens is 3. The Bertz CT molecular complexity index is 1020. The molecule has 0 bridgehead atoms. The first kappa shape index (κ1) is 26.0. The quantitative estimate of drug-likeness (QED) is 0.241. The zero-order valence-corrected chi connectivity index (χ0v) is 21.1. The van der Waals surface area contributed by atoms with Crippen LogP contribution < -0.4 is 20.9 Å². The van der Waals surface area contributed by atoms with Crippen LogP contribution in [0.4, 0.5) is 22.0 Å². The molecule has 36 heavy (non-hydrogen) atoms. The maximum atomic E-state index is 14.3. The van der Waals surface area contributed by atoms with E-state index in [-0.39, 0.29) is 30.2 Å². The fraction of sp³-hybridized carbons (Fsp3) is 0.600. The van der Waals surface area contributed by atoms with Gasteiger partial charge in [-0.15, -0.1) is 0 Å². The van der Waals surface area contributed by atoms with Crippen LogP contribution in [0, 0.1) is 5.82 Å². The van der Waals surface area contributed by atoms with Crippen molar-refractivity contribution in [3.63, 3.8) is 0 Å². The van der Waals surface area contributed by atoms with Gasteiger partial charge in [0.2, 0.25) is 11.9 Å². The van der Waals surface area contributed by atoms with E-state index in [4.69, 9.17) is 25.3 Å². The Morgan fingerprint density at radius 3 is 2.47 bits per heavy atom. The van der Waals surface area contributed by atoms with Crippen LogP contribution in [-0.4, -0.2) is 65.7 Å². The summed E-state index contributed by atoms with van der Waals surface area (Å²) in [6, 6.07) is 4.65. The van der Waals surface area contributed by atoms with Crippen molar-refractivity contribution in [1.82, 2.24) is 19.9 Å². The normalized spacial score (nSPS) is 17.9. The lowest BCUT2D eigenvalue weighted by atomic mass is 9.99. The van der Waals surface area contributed by atoms with Crippen LogP contribution in [0.15, 0.2) is 18.2 Å². The highest BCUT2D eigenvalue weighted by Crippen LogP contribution is 2.32. The Labute approximate surface area is 211 Å². The average molecular weight is 502 g/mol. The third-order valence-corrected chi connectivity index (χ3v) is 7.03. The number of hydrogen-bond acceptors (Lipinski definition) is 10. The van der Waals surface area contributed by atoms with Crippen LogP contribution in [0.2, 0.25) is 0 Å². The van der Waals surface area contributed by atoms with E-state index < -0.39 is 5.82 Å². The molecular weight excluding hydrogens is 465 g/mol. The number of nitrogens with one attached hydrogen (secondary N) is 1. The van der Waals surface area contributed by atoms with Gasteiger partial charge in [0.05, 0.1) is 26.8 Å². The number of benzene rings is 1. The topological polar surface area (TPSA) is 119 Å². The number of anilines is 3. The number of hydrogen-bond donors (Lipinski definition) is 2. The molecule has 1 aromatic heterocycles. The monoisotopic (exact) mass is 501 g/mol. The Morgan fingerprint density at radius 1 is 1.11 bits per heavy atom. The number of carbonyl (C=O) groups is 1. The molecule has 3 N–H and O–H groups in total. The predicted octanol–water partition coefficient (Wildman–Crippen LogP) is 3.52. The third kappa shape index (κ3) is 6.58. The number of ether oxygens (including phenoxy) is 2. The number of nitrogens with zero attached hydrogens (tertiary/aromatic N) is 5. The Hall–Kier alpha value is -3.05. The summed E-state index contributed by atoms with van der Waals surface area (Å²) in [7, 11) is 2.83. The van der Waals surface area contributed by atoms with Crippen molar-refractivity contribution in [1.29, 1.82) is 0 Å². The van der Waals surface area contributed by atoms with Crippen molar-refractivity contribution in [2.24, 2.45) is 5.84 Å². The van der Waals surface area contributed by atoms with Crippen LogP contribution in [-0.2, 0) is 9.53 Å². The van der Waals surface area contributed by atoms with E-state index in [1.165, 1.54) is 33.1 Å². The van der Waals surface area contributed by atoms with Gasteiger partial charge in [0.1, 0.15) is 5.82 Å². The first-order valence-corrected chi connectivity index (χ1v) is 12.7. The molecule has 0 unspecified atom stereocenters. The number of esters is 1. The summed E-state index contributed by atoms with van der Waals surface area (Å²) in [5.74, 6) is 7.70. The SMILES string of the molecule is COC(=O)CN1CCC(N(N)c2nc(Nc3ccc(OC)c(F)c3)nc(C3CCCCCC3)n2)CC1. The summed E-state index contributed by atoms with van der Waals surface area (Å²) in [6.45, 7) is 1.73. The molecule has 4 rings (SSSR count). The second-order valence-corrected chi connectivity index (χ2v) is 9.47. The zero-order valence-electron chi connectivity index (χ0n) is 21.1. The van der Waals surface area contributed by atoms with Crippen molar-refractivity contribution < 1.29 is 18.7 Å². The molecule has 11 heteroatoms. The van der Waals surface area contributed by atoms with Crippen LogP contribution in [0.3, 0.4) is 0 Å². The Morgan fingerprint density at radius 2 is 1.83 bits per heavy atom. The zero-order chi connectivity index (χ0) is 25.5. The van der Waals surface area contributed by atoms with Gasteiger partial charge in [0.15, 0.2) is 11.6 Å². The molecule has 2 fully saturated rings. The standard InChI is InChI=1S/C25H36FN7O3/c1-35-21-10-9-18(15-20(21)26)28-24-29-23(17-7-5-3-4-6-8-17)30-25(31-24)33(27)19-11-13-32(14-12-19)16-22(34)36-2/h9-10,15,17,19H,3-8,11-14,16,27H2,1-2H3,(H,28,29,30,31). The predicted molar refractivity (Wildman–Crippen MR) is 135 cm³/mol. The molecular formula is C25H36FN7O3. The van der Waals surface area contributed by atoms with E-state index in [9.17, 15) is 9.18 Å². The highest BCUT2D eigenvalue weighted by molar-refractivity contribution is 5.71. The number of rotatable bonds is 8. The van der Waals surface area contributed by atoms with Gasteiger partial charge in [-0.3, -0.25) is 14.7 Å². The van der Waals surface area contributed by atoms with Gasteiger partial charge in [-0.25, -0.2) is 10.2 Å². The lowest BCUT2D eigenvalue weighted by Crippen LogP contribution is -2.50. The van der Waals surface area contributed by atoms with E-state index in [0.717, 1.165) is 57.4 Å². The van der Waals surface area contributed by atoms with Gasteiger partial charge in [-0.05, 0) is 37.8 Å². The second kappa shape index (κ2) is 12.3. The highest BCUT2D eigenvalue weighted by atomic mass is 19.1. The molecule has 1 saturated heterocycles. The molecule has 0 amide bonds. The fourth-order valence-electron chi connectivity index (χ4n) is 4.91. The van der Waals surface area contributed by atoms with Crippen LogP contribution >= 0.6 is 0 Å². The summed E-state index contributed by atoms with van der Waals surface area (Å²) in [5, 5.41) is 4.75. The van der Waals surface area contributed by atoms with E-state index in [0.29, 0.717) is 17.6 Å². The number of piperidine rings is 1. The molecule has 1 aliphatic carbocycles. The van der Waals surface area contributed by atoms with Gasteiger partial charge in [-0.2, -0.15) is 15.0 Å². The fourth-order valence-corrected chi connectivity index (χ4v) is 4.91. The number of hydrazine groups is 1. The highest BCUT2D eigenvalue weighted by Gasteiger charge is 2.28. The number of nitrogens with two attached hydrogens (primary N) is 1. The first-order valence-electron chi connectivity index (χ1n) is 12.7. The van der Waals surface area contributed by atoms with Gasteiger partial charge in [0.25, 0.3) is 0 Å². The van der Waals surface area contributed by atoms with E-state index in [1.54, 1.807) is 17.1 Å². The molecule has 1 aromatic carbocycles. The van der Waals surface area contributed by atoms with Crippen molar-refractivity contribution in [3.8, 4) is 5.75 Å². The maximum absolute atomic E-state index is 14.3. The smallest absolute Gasteiger partial charge is 0.319 e. The molecule has 0 radical (unpaired) electrons. The van der Waals surface area contributed by atoms with Gasteiger partial charge in [-0.1, -0.05) is 25.7 Å². The van der Waals surface area contributed by atoms with Gasteiger partial charge in [0, 0.05) is 30.8 Å². The molecule has 196 valence electrons. The minimum absolute atomic E-state index is 0.0227. The summed E-state index contributed by atoms with van der Waals surface area (Å²) in [6.07, 6.45) is 8.31. The number of halogens is 1. The van der Waals surface area contributed by atoms with Gasteiger partial charge >= 0.3 is 5.97 Å². The van der Waals surface area contributed by atoms with Gasteiger partial charge < -0.3 is 14.8 Å². The largest absolute Gasteiger partial charge is 0.494 e. The molecule has 10 nitrogen and oxygen atoms in total. The molecule has 0 atom stereocenters. The van der Waals surface area contributed by atoms with Crippen molar-refractivity contribution in [2.75, 3.05) is 44.2 Å². The molecule has 1 aliphatic heterocycles. The molecule has 2 aliphatic rings. The number of carbonyl (C=O) groups excluding carboxylic acids is 1. The van der Waals surface area contributed by atoms with Crippen LogP contribution in [0.25, 0.3) is 0 Å². The maximum Gasteiger partial charge on any atom is 0.319 e. The van der Waals surface area contributed by atoms with E-state index in [1.807, 2.05) is 0 Å². The minimum Gasteiger partial charge on any atom is -0.494 e. The van der Waals surface area contributed by atoms with Crippen molar-refractivity contribution in [2.45, 2.75) is 63.3 Å². The molecule has 1 saturated carbocycles. The molecule has 2 aromatic rings. The molecule has 0 spiro atoms. The van der Waals surface area contributed by atoms with E-state index >= 15 is 0 Å². The van der Waals surface area contributed by atoms with Crippen LogP contribution in [0.1, 0.15) is 63.1 Å². The summed E-state index contributed by atoms with van der Waals surface area (Å²) < 4.78 is 24.1. The molecule has 2 heterocycles. The number of likely N-dealkylation sites (tertiary alicyclic amines) is 1. The lowest BCUT2D eigenvalue weighted by molar-refractivity contribution is -0.142. The lowest BCUT2D eigenvalue weighted by Gasteiger charge is -2.35. The average Bonchev–Trinajstić information content (AvgIpc) is 3.18. The first-order chi connectivity index (χ1) is 17.5. The second-order valence-electron chi connectivity index (χ2n) is 9.47. The summed E-state index contributed by atoms with van der Waals surface area (Å²) in [5.41, 5.74) is 0.511.